The number of rotatable bonds is 7. The number of methoxy groups -OCH3 is 1. The second kappa shape index (κ2) is 9.60. The van der Waals surface area contributed by atoms with Crippen molar-refractivity contribution in [3.63, 3.8) is 0 Å². The van der Waals surface area contributed by atoms with E-state index < -0.39 is 22.7 Å². The molecule has 0 saturated carbocycles. The van der Waals surface area contributed by atoms with Gasteiger partial charge in [-0.15, -0.1) is 0 Å². The fraction of sp³-hybridized carbons (Fsp3) is 0.167. The van der Waals surface area contributed by atoms with Crippen LogP contribution in [-0.2, 0) is 9.59 Å². The Bertz CT molecular complexity index is 915. The van der Waals surface area contributed by atoms with Gasteiger partial charge in [-0.3, -0.25) is 19.7 Å². The van der Waals surface area contributed by atoms with E-state index in [0.29, 0.717) is 21.5 Å². The molecule has 9 nitrogen and oxygen atoms in total. The topological polar surface area (TPSA) is 123 Å². The Morgan fingerprint density at radius 2 is 1.89 bits per heavy atom. The Balaban J connectivity index is 1.94. The minimum atomic E-state index is -1.00. The molecule has 2 amide bonds. The van der Waals surface area contributed by atoms with E-state index in [1.807, 2.05) is 0 Å². The third-order valence-electron chi connectivity index (χ3n) is 3.70. The first-order valence-corrected chi connectivity index (χ1v) is 8.83. The molecule has 0 saturated heterocycles. The lowest BCUT2D eigenvalue weighted by atomic mass is 10.1. The molecule has 0 heterocycles. The number of carbonyl (C=O) groups excluding carboxylic acids is 2. The van der Waals surface area contributed by atoms with Crippen LogP contribution in [0.1, 0.15) is 12.5 Å². The summed E-state index contributed by atoms with van der Waals surface area (Å²) in [5, 5.41) is 17.3. The van der Waals surface area contributed by atoms with E-state index in [1.165, 1.54) is 32.4 Å². The van der Waals surface area contributed by atoms with Crippen molar-refractivity contribution >= 4 is 45.3 Å². The fourth-order valence-corrected chi connectivity index (χ4v) is 2.45. The van der Waals surface area contributed by atoms with Crippen LogP contribution >= 0.6 is 15.9 Å². The van der Waals surface area contributed by atoms with Gasteiger partial charge < -0.3 is 10.1 Å². The lowest BCUT2D eigenvalue weighted by Gasteiger charge is -2.11. The molecule has 1 unspecified atom stereocenters. The van der Waals surface area contributed by atoms with Crippen molar-refractivity contribution in [1.29, 1.82) is 0 Å². The normalized spacial score (nSPS) is 11.7. The summed E-state index contributed by atoms with van der Waals surface area (Å²) in [4.78, 5) is 34.6. The fourth-order valence-electron chi connectivity index (χ4n) is 2.06. The quantitative estimate of drug-likeness (QED) is 0.291. The van der Waals surface area contributed by atoms with Crippen LogP contribution in [0.15, 0.2) is 52.0 Å². The highest BCUT2D eigenvalue weighted by Gasteiger charge is 2.21. The lowest BCUT2D eigenvalue weighted by molar-refractivity contribution is -0.385. The highest BCUT2D eigenvalue weighted by molar-refractivity contribution is 9.10. The number of hydrazone groups is 1. The van der Waals surface area contributed by atoms with Crippen molar-refractivity contribution in [2.75, 3.05) is 12.4 Å². The van der Waals surface area contributed by atoms with Crippen LogP contribution in [0, 0.1) is 16.0 Å². The van der Waals surface area contributed by atoms with Crippen molar-refractivity contribution in [2.24, 2.45) is 11.0 Å². The van der Waals surface area contributed by atoms with Crippen LogP contribution in [0.4, 0.5) is 11.4 Å². The highest BCUT2D eigenvalue weighted by Crippen LogP contribution is 2.24. The van der Waals surface area contributed by atoms with E-state index in [0.717, 1.165) is 0 Å². The Labute approximate surface area is 169 Å². The number of hydrogen-bond donors (Lipinski definition) is 2. The Kier molecular flexibility index (Phi) is 7.21. The zero-order valence-electron chi connectivity index (χ0n) is 15.0. The van der Waals surface area contributed by atoms with Gasteiger partial charge in [-0.25, -0.2) is 5.43 Å². The zero-order valence-corrected chi connectivity index (χ0v) is 16.6. The second-order valence-corrected chi connectivity index (χ2v) is 6.50. The number of nitro benzene ring substituents is 1. The molecule has 0 spiro atoms. The van der Waals surface area contributed by atoms with Gasteiger partial charge in [0.1, 0.15) is 11.7 Å². The number of carbonyl (C=O) groups is 2. The van der Waals surface area contributed by atoms with Crippen molar-refractivity contribution in [1.82, 2.24) is 5.43 Å². The average molecular weight is 449 g/mol. The number of nitro groups is 1. The SMILES string of the molecule is COc1ccc(NC(=O)C(C)C(=O)NN=Cc2ccc(Br)c([N+](=O)[O-])c2)cc1. The van der Waals surface area contributed by atoms with E-state index >= 15 is 0 Å². The van der Waals surface area contributed by atoms with Gasteiger partial charge in [-0.1, -0.05) is 6.07 Å². The molecule has 0 aromatic heterocycles. The van der Waals surface area contributed by atoms with E-state index in [2.05, 4.69) is 31.8 Å². The number of nitrogens with zero attached hydrogens (tertiary/aromatic N) is 2. The summed E-state index contributed by atoms with van der Waals surface area (Å²) in [6.07, 6.45) is 1.26. The van der Waals surface area contributed by atoms with Crippen LogP contribution in [0.2, 0.25) is 0 Å². The summed E-state index contributed by atoms with van der Waals surface area (Å²) < 4.78 is 5.37. The molecule has 0 aliphatic carbocycles. The molecule has 0 aliphatic heterocycles. The molecular formula is C18H17BrN4O5. The van der Waals surface area contributed by atoms with Gasteiger partial charge in [0.15, 0.2) is 0 Å². The molecule has 2 aromatic rings. The Morgan fingerprint density at radius 3 is 2.50 bits per heavy atom. The lowest BCUT2D eigenvalue weighted by Crippen LogP contribution is -2.34. The molecule has 2 N–H and O–H groups in total. The maximum absolute atomic E-state index is 12.2. The molecular weight excluding hydrogens is 432 g/mol. The van der Waals surface area contributed by atoms with Crippen LogP contribution < -0.4 is 15.5 Å². The van der Waals surface area contributed by atoms with E-state index in [4.69, 9.17) is 4.74 Å². The van der Waals surface area contributed by atoms with E-state index in [9.17, 15) is 19.7 Å². The molecule has 0 radical (unpaired) electrons. The predicted molar refractivity (Wildman–Crippen MR) is 107 cm³/mol. The number of ether oxygens (including phenoxy) is 1. The van der Waals surface area contributed by atoms with Crippen molar-refractivity contribution < 1.29 is 19.2 Å². The Hall–Kier alpha value is -3.27. The standard InChI is InChI=1S/C18H17BrN4O5/c1-11(17(24)21-13-4-6-14(28-2)7-5-13)18(25)22-20-10-12-3-8-15(19)16(9-12)23(26)27/h3-11H,1-2H3,(H,21,24)(H,22,25). The number of amides is 2. The van der Waals surface area contributed by atoms with Gasteiger partial charge in [-0.2, -0.15) is 5.10 Å². The second-order valence-electron chi connectivity index (χ2n) is 5.64. The molecule has 2 aromatic carbocycles. The summed E-state index contributed by atoms with van der Waals surface area (Å²) in [6.45, 7) is 1.44. The van der Waals surface area contributed by atoms with Crippen LogP contribution in [0.3, 0.4) is 0 Å². The number of hydrogen-bond acceptors (Lipinski definition) is 6. The minimum absolute atomic E-state index is 0.123. The molecule has 2 rings (SSSR count). The minimum Gasteiger partial charge on any atom is -0.497 e. The summed E-state index contributed by atoms with van der Waals surface area (Å²) in [5.74, 6) is -1.48. The largest absolute Gasteiger partial charge is 0.497 e. The molecule has 10 heteroatoms. The third kappa shape index (κ3) is 5.61. The number of nitrogens with one attached hydrogen (secondary N) is 2. The number of benzene rings is 2. The Morgan fingerprint density at radius 1 is 1.21 bits per heavy atom. The van der Waals surface area contributed by atoms with Crippen LogP contribution in [-0.4, -0.2) is 30.1 Å². The van der Waals surface area contributed by atoms with Gasteiger partial charge in [0.05, 0.1) is 22.7 Å². The number of anilines is 1. The van der Waals surface area contributed by atoms with Crippen molar-refractivity contribution in [2.45, 2.75) is 6.92 Å². The summed E-state index contributed by atoms with van der Waals surface area (Å²) >= 11 is 3.09. The average Bonchev–Trinajstić information content (AvgIpc) is 2.68. The molecule has 0 aliphatic rings. The first-order chi connectivity index (χ1) is 13.3. The molecule has 0 bridgehead atoms. The highest BCUT2D eigenvalue weighted by atomic mass is 79.9. The summed E-state index contributed by atoms with van der Waals surface area (Å²) in [6, 6.07) is 11.1. The molecule has 28 heavy (non-hydrogen) atoms. The zero-order chi connectivity index (χ0) is 20.7. The predicted octanol–water partition coefficient (Wildman–Crippen LogP) is 3.09. The van der Waals surface area contributed by atoms with Gasteiger partial charge in [0.25, 0.3) is 11.6 Å². The summed E-state index contributed by atoms with van der Waals surface area (Å²) in [7, 11) is 1.53. The maximum atomic E-state index is 12.2. The van der Waals surface area contributed by atoms with Gasteiger partial charge in [0, 0.05) is 17.3 Å². The monoisotopic (exact) mass is 448 g/mol. The van der Waals surface area contributed by atoms with Crippen LogP contribution in [0.5, 0.6) is 5.75 Å². The molecule has 0 fully saturated rings. The van der Waals surface area contributed by atoms with Crippen molar-refractivity contribution in [3.8, 4) is 5.75 Å². The number of halogens is 1. The van der Waals surface area contributed by atoms with Gasteiger partial charge >= 0.3 is 0 Å². The first kappa shape index (κ1) is 21.0. The van der Waals surface area contributed by atoms with Crippen LogP contribution in [0.25, 0.3) is 0 Å². The van der Waals surface area contributed by atoms with E-state index in [-0.39, 0.29) is 5.69 Å². The van der Waals surface area contributed by atoms with Crippen molar-refractivity contribution in [3.05, 3.63) is 62.6 Å². The molecule has 146 valence electrons. The van der Waals surface area contributed by atoms with E-state index in [1.54, 1.807) is 30.3 Å². The maximum Gasteiger partial charge on any atom is 0.284 e. The first-order valence-electron chi connectivity index (χ1n) is 8.03. The third-order valence-corrected chi connectivity index (χ3v) is 4.37. The molecule has 1 atom stereocenters. The van der Waals surface area contributed by atoms with Gasteiger partial charge in [-0.05, 0) is 53.2 Å². The van der Waals surface area contributed by atoms with Gasteiger partial charge in [0.2, 0.25) is 5.91 Å². The summed E-state index contributed by atoms with van der Waals surface area (Å²) in [5.41, 5.74) is 3.07. The smallest absolute Gasteiger partial charge is 0.284 e.